The number of fused-ring (bicyclic) bond motifs is 1. The summed E-state index contributed by atoms with van der Waals surface area (Å²) in [5, 5.41) is 3.75. The first-order chi connectivity index (χ1) is 8.36. The Hall–Kier alpha value is -0.820. The molecule has 1 aromatic carbocycles. The molecule has 0 aromatic heterocycles. The standard InChI is InChI=1S/C16H25N/c1-3-7-16(17-12-4-2)15-11-10-13-8-5-6-9-14(13)15/h5-6,8-9,15-17H,3-4,7,10-12H2,1-2H3. The molecule has 94 valence electrons. The molecule has 0 bridgehead atoms. The van der Waals surface area contributed by atoms with Crippen LogP contribution in [-0.2, 0) is 6.42 Å². The average Bonchev–Trinajstić information content (AvgIpc) is 2.78. The lowest BCUT2D eigenvalue weighted by molar-refractivity contribution is 0.402. The lowest BCUT2D eigenvalue weighted by Crippen LogP contribution is -2.34. The predicted molar refractivity (Wildman–Crippen MR) is 74.5 cm³/mol. The van der Waals surface area contributed by atoms with Gasteiger partial charge >= 0.3 is 0 Å². The number of hydrogen-bond donors (Lipinski definition) is 1. The molecule has 0 fully saturated rings. The van der Waals surface area contributed by atoms with E-state index in [0.29, 0.717) is 6.04 Å². The number of aryl methyl sites for hydroxylation is 1. The fourth-order valence-electron chi connectivity index (χ4n) is 3.09. The van der Waals surface area contributed by atoms with Gasteiger partial charge < -0.3 is 5.32 Å². The van der Waals surface area contributed by atoms with Crippen LogP contribution in [0.25, 0.3) is 0 Å². The predicted octanol–water partition coefficient (Wildman–Crippen LogP) is 3.88. The van der Waals surface area contributed by atoms with Gasteiger partial charge in [0.05, 0.1) is 0 Å². The molecule has 0 amide bonds. The van der Waals surface area contributed by atoms with Crippen molar-refractivity contribution in [2.45, 2.75) is 57.9 Å². The molecule has 2 atom stereocenters. The van der Waals surface area contributed by atoms with Crippen molar-refractivity contribution in [2.75, 3.05) is 6.54 Å². The lowest BCUT2D eigenvalue weighted by Gasteiger charge is -2.25. The van der Waals surface area contributed by atoms with Crippen LogP contribution in [0.15, 0.2) is 24.3 Å². The number of rotatable bonds is 6. The summed E-state index contributed by atoms with van der Waals surface area (Å²) < 4.78 is 0. The van der Waals surface area contributed by atoms with Crippen molar-refractivity contribution in [1.29, 1.82) is 0 Å². The Balaban J connectivity index is 2.09. The van der Waals surface area contributed by atoms with Crippen LogP contribution < -0.4 is 5.32 Å². The third kappa shape index (κ3) is 2.90. The van der Waals surface area contributed by atoms with Crippen LogP contribution in [0.4, 0.5) is 0 Å². The van der Waals surface area contributed by atoms with Crippen LogP contribution in [0.2, 0.25) is 0 Å². The molecule has 1 aromatic rings. The molecule has 1 nitrogen and oxygen atoms in total. The maximum Gasteiger partial charge on any atom is 0.0136 e. The third-order valence-electron chi connectivity index (χ3n) is 3.92. The SMILES string of the molecule is CCCNC(CCC)C1CCc2ccccc21. The van der Waals surface area contributed by atoms with Crippen molar-refractivity contribution in [1.82, 2.24) is 5.32 Å². The normalized spacial score (nSPS) is 20.2. The molecule has 2 unspecified atom stereocenters. The minimum atomic E-state index is 0.684. The van der Waals surface area contributed by atoms with Crippen LogP contribution in [0.1, 0.15) is 56.6 Å². The largest absolute Gasteiger partial charge is 0.313 e. The maximum atomic E-state index is 3.75. The second-order valence-electron chi connectivity index (χ2n) is 5.19. The summed E-state index contributed by atoms with van der Waals surface area (Å²) in [6.45, 7) is 5.70. The molecule has 0 saturated carbocycles. The van der Waals surface area contributed by atoms with Crippen molar-refractivity contribution in [3.8, 4) is 0 Å². The molecule has 0 radical (unpaired) electrons. The smallest absolute Gasteiger partial charge is 0.0136 e. The van der Waals surface area contributed by atoms with E-state index in [1.807, 2.05) is 0 Å². The minimum absolute atomic E-state index is 0.684. The number of benzene rings is 1. The molecule has 0 saturated heterocycles. The summed E-state index contributed by atoms with van der Waals surface area (Å²) in [5.41, 5.74) is 3.19. The molecule has 17 heavy (non-hydrogen) atoms. The molecular weight excluding hydrogens is 206 g/mol. The third-order valence-corrected chi connectivity index (χ3v) is 3.92. The second kappa shape index (κ2) is 6.20. The highest BCUT2D eigenvalue weighted by molar-refractivity contribution is 5.36. The highest BCUT2D eigenvalue weighted by Crippen LogP contribution is 2.36. The van der Waals surface area contributed by atoms with E-state index in [0.717, 1.165) is 12.5 Å². The maximum absolute atomic E-state index is 3.75. The highest BCUT2D eigenvalue weighted by atomic mass is 14.9. The van der Waals surface area contributed by atoms with Crippen molar-refractivity contribution >= 4 is 0 Å². The fraction of sp³-hybridized carbons (Fsp3) is 0.625. The van der Waals surface area contributed by atoms with E-state index < -0.39 is 0 Å². The Kier molecular flexibility index (Phi) is 4.61. The van der Waals surface area contributed by atoms with Gasteiger partial charge in [-0.3, -0.25) is 0 Å². The van der Waals surface area contributed by atoms with Crippen molar-refractivity contribution < 1.29 is 0 Å². The van der Waals surface area contributed by atoms with Crippen molar-refractivity contribution in [3.63, 3.8) is 0 Å². The van der Waals surface area contributed by atoms with Gasteiger partial charge in [-0.2, -0.15) is 0 Å². The van der Waals surface area contributed by atoms with Crippen LogP contribution in [-0.4, -0.2) is 12.6 Å². The first-order valence-electron chi connectivity index (χ1n) is 7.18. The van der Waals surface area contributed by atoms with Crippen molar-refractivity contribution in [3.05, 3.63) is 35.4 Å². The van der Waals surface area contributed by atoms with E-state index in [1.165, 1.54) is 32.1 Å². The quantitative estimate of drug-likeness (QED) is 0.783. The zero-order valence-corrected chi connectivity index (χ0v) is 11.2. The Morgan fingerprint density at radius 1 is 1.24 bits per heavy atom. The fourth-order valence-corrected chi connectivity index (χ4v) is 3.09. The summed E-state index contributed by atoms with van der Waals surface area (Å²) in [4.78, 5) is 0. The Morgan fingerprint density at radius 3 is 2.82 bits per heavy atom. The van der Waals surface area contributed by atoms with E-state index in [9.17, 15) is 0 Å². The molecule has 2 rings (SSSR count). The molecule has 1 heteroatoms. The topological polar surface area (TPSA) is 12.0 Å². The van der Waals surface area contributed by atoms with Gasteiger partial charge in [0.2, 0.25) is 0 Å². The summed E-state index contributed by atoms with van der Waals surface area (Å²) in [7, 11) is 0. The molecule has 0 aliphatic heterocycles. The van der Waals surface area contributed by atoms with Gasteiger partial charge in [0.25, 0.3) is 0 Å². The average molecular weight is 231 g/mol. The molecule has 1 aliphatic carbocycles. The minimum Gasteiger partial charge on any atom is -0.313 e. The van der Waals surface area contributed by atoms with E-state index in [-0.39, 0.29) is 0 Å². The van der Waals surface area contributed by atoms with Gasteiger partial charge in [0, 0.05) is 6.04 Å². The first-order valence-corrected chi connectivity index (χ1v) is 7.18. The zero-order chi connectivity index (χ0) is 12.1. The Labute approximate surface area is 106 Å². The summed E-state index contributed by atoms with van der Waals surface area (Å²) in [6, 6.07) is 9.69. The van der Waals surface area contributed by atoms with Gasteiger partial charge in [0.15, 0.2) is 0 Å². The van der Waals surface area contributed by atoms with Gasteiger partial charge in [-0.05, 0) is 49.3 Å². The van der Waals surface area contributed by atoms with Crippen LogP contribution in [0.3, 0.4) is 0 Å². The molecule has 0 heterocycles. The van der Waals surface area contributed by atoms with Gasteiger partial charge in [-0.1, -0.05) is 44.5 Å². The molecular formula is C16H25N. The second-order valence-corrected chi connectivity index (χ2v) is 5.19. The molecule has 1 N–H and O–H groups in total. The number of nitrogens with one attached hydrogen (secondary N) is 1. The van der Waals surface area contributed by atoms with Crippen LogP contribution in [0, 0.1) is 0 Å². The molecule has 0 spiro atoms. The summed E-state index contributed by atoms with van der Waals surface area (Å²) in [6.07, 6.45) is 6.42. The monoisotopic (exact) mass is 231 g/mol. The lowest BCUT2D eigenvalue weighted by atomic mass is 9.90. The Bertz CT molecular complexity index is 345. The molecule has 1 aliphatic rings. The number of hydrogen-bond acceptors (Lipinski definition) is 1. The zero-order valence-electron chi connectivity index (χ0n) is 11.2. The van der Waals surface area contributed by atoms with E-state index in [4.69, 9.17) is 0 Å². The first kappa shape index (κ1) is 12.6. The highest BCUT2D eigenvalue weighted by Gasteiger charge is 2.28. The van der Waals surface area contributed by atoms with Gasteiger partial charge in [0.1, 0.15) is 0 Å². The van der Waals surface area contributed by atoms with E-state index in [1.54, 1.807) is 11.1 Å². The Morgan fingerprint density at radius 2 is 2.06 bits per heavy atom. The summed E-state index contributed by atoms with van der Waals surface area (Å²) in [5.74, 6) is 0.748. The van der Waals surface area contributed by atoms with E-state index >= 15 is 0 Å². The van der Waals surface area contributed by atoms with E-state index in [2.05, 4.69) is 43.4 Å². The summed E-state index contributed by atoms with van der Waals surface area (Å²) >= 11 is 0. The van der Waals surface area contributed by atoms with Crippen molar-refractivity contribution in [2.24, 2.45) is 0 Å². The van der Waals surface area contributed by atoms with Crippen LogP contribution >= 0.6 is 0 Å². The van der Waals surface area contributed by atoms with Crippen LogP contribution in [0.5, 0.6) is 0 Å². The van der Waals surface area contributed by atoms with Gasteiger partial charge in [-0.15, -0.1) is 0 Å². The van der Waals surface area contributed by atoms with Gasteiger partial charge in [-0.25, -0.2) is 0 Å².